The van der Waals surface area contributed by atoms with Gasteiger partial charge in [-0.2, -0.15) is 4.39 Å². The molecule has 0 spiro atoms. The van der Waals surface area contributed by atoms with E-state index in [0.29, 0.717) is 11.1 Å². The number of hydrogen-bond donors (Lipinski definition) is 1. The van der Waals surface area contributed by atoms with Crippen molar-refractivity contribution in [2.45, 2.75) is 25.9 Å². The third kappa shape index (κ3) is 3.80. The molecule has 0 radical (unpaired) electrons. The first-order chi connectivity index (χ1) is 17.3. The van der Waals surface area contributed by atoms with Gasteiger partial charge in [-0.3, -0.25) is 19.3 Å². The van der Waals surface area contributed by atoms with Gasteiger partial charge in [0.15, 0.2) is 23.0 Å². The molecule has 7 nitrogen and oxygen atoms in total. The van der Waals surface area contributed by atoms with Gasteiger partial charge in [-0.25, -0.2) is 4.39 Å². The van der Waals surface area contributed by atoms with E-state index in [1.807, 2.05) is 44.2 Å². The third-order valence-electron chi connectivity index (χ3n) is 6.58. The highest BCUT2D eigenvalue weighted by Gasteiger charge is 2.40. The van der Waals surface area contributed by atoms with E-state index in [9.17, 15) is 19.1 Å². The molecule has 5 rings (SSSR count). The predicted octanol–water partition coefficient (Wildman–Crippen LogP) is 3.95. The largest absolute Gasteiger partial charge is 0.502 e. The second-order valence-electron chi connectivity index (χ2n) is 9.14. The van der Waals surface area contributed by atoms with Crippen LogP contribution in [-0.4, -0.2) is 39.9 Å². The Hall–Kier alpha value is -4.14. The number of ether oxygens (including phenoxy) is 1. The number of amides is 1. The molecule has 2 atom stereocenters. The molecule has 2 aromatic carbocycles. The Morgan fingerprint density at radius 2 is 1.81 bits per heavy atom. The van der Waals surface area contributed by atoms with Crippen LogP contribution in [0.4, 0.5) is 8.78 Å². The molecule has 1 N–H and O–H groups in total. The van der Waals surface area contributed by atoms with Crippen LogP contribution >= 0.6 is 0 Å². The zero-order chi connectivity index (χ0) is 25.6. The Labute approximate surface area is 206 Å². The highest BCUT2D eigenvalue weighted by molar-refractivity contribution is 5.96. The topological polar surface area (TPSA) is 75.0 Å². The zero-order valence-corrected chi connectivity index (χ0v) is 19.8. The Morgan fingerprint density at radius 1 is 1.06 bits per heavy atom. The number of pyridine rings is 1. The van der Waals surface area contributed by atoms with Crippen molar-refractivity contribution in [3.05, 3.63) is 106 Å². The maximum absolute atomic E-state index is 15.1. The molecule has 0 saturated heterocycles. The first-order valence-electron chi connectivity index (χ1n) is 11.6. The van der Waals surface area contributed by atoms with Crippen LogP contribution in [0.3, 0.4) is 0 Å². The van der Waals surface area contributed by atoms with Gasteiger partial charge in [0.2, 0.25) is 11.2 Å². The van der Waals surface area contributed by atoms with Gasteiger partial charge in [0.25, 0.3) is 5.91 Å². The summed E-state index contributed by atoms with van der Waals surface area (Å²) >= 11 is 0. The van der Waals surface area contributed by atoms with Gasteiger partial charge in [-0.05, 0) is 29.7 Å². The predicted molar refractivity (Wildman–Crippen MR) is 130 cm³/mol. The normalized spacial score (nSPS) is 20.3. The van der Waals surface area contributed by atoms with E-state index in [1.165, 1.54) is 16.9 Å². The van der Waals surface area contributed by atoms with Crippen molar-refractivity contribution in [2.24, 2.45) is 5.92 Å². The maximum atomic E-state index is 15.1. The lowest BCUT2D eigenvalue weighted by molar-refractivity contribution is 0.0588. The van der Waals surface area contributed by atoms with Crippen LogP contribution in [0, 0.1) is 17.6 Å². The molecule has 2 bridgehead atoms. The number of benzene rings is 2. The van der Waals surface area contributed by atoms with E-state index < -0.39 is 40.8 Å². The van der Waals surface area contributed by atoms with Gasteiger partial charge in [-0.1, -0.05) is 50.3 Å². The van der Waals surface area contributed by atoms with Gasteiger partial charge in [0, 0.05) is 17.8 Å². The first kappa shape index (κ1) is 23.6. The number of carbonyl (C=O) groups is 1. The fourth-order valence-electron chi connectivity index (χ4n) is 4.86. The fourth-order valence-corrected chi connectivity index (χ4v) is 4.86. The summed E-state index contributed by atoms with van der Waals surface area (Å²) in [7, 11) is 0. The molecule has 186 valence electrons. The number of fused-ring (bicyclic) bond motifs is 5. The van der Waals surface area contributed by atoms with Crippen LogP contribution in [-0.2, 0) is 0 Å². The molecule has 2 aliphatic rings. The Bertz CT molecular complexity index is 1400. The van der Waals surface area contributed by atoms with Crippen molar-refractivity contribution in [1.82, 2.24) is 9.58 Å². The van der Waals surface area contributed by atoms with E-state index in [0.717, 1.165) is 12.1 Å². The van der Waals surface area contributed by atoms with Crippen LogP contribution in [0.1, 0.15) is 41.5 Å². The van der Waals surface area contributed by atoms with Crippen LogP contribution < -0.4 is 15.2 Å². The number of carbonyl (C=O) groups excluding carboxylic acids is 1. The molecular formula is C27H25F2N3O4. The van der Waals surface area contributed by atoms with Gasteiger partial charge in [-0.15, -0.1) is 0 Å². The third-order valence-corrected chi connectivity index (χ3v) is 6.58. The second kappa shape index (κ2) is 9.14. The molecule has 1 unspecified atom stereocenters. The molecule has 1 aromatic heterocycles. The highest BCUT2D eigenvalue weighted by atomic mass is 19.2. The molecule has 36 heavy (non-hydrogen) atoms. The Kier molecular flexibility index (Phi) is 5.99. The van der Waals surface area contributed by atoms with E-state index in [4.69, 9.17) is 4.74 Å². The van der Waals surface area contributed by atoms with Crippen molar-refractivity contribution < 1.29 is 23.4 Å². The van der Waals surface area contributed by atoms with E-state index in [-0.39, 0.29) is 30.6 Å². The van der Waals surface area contributed by atoms with Crippen LogP contribution in [0.2, 0.25) is 0 Å². The molecule has 3 heterocycles. The van der Waals surface area contributed by atoms with Crippen molar-refractivity contribution >= 4 is 5.91 Å². The lowest BCUT2D eigenvalue weighted by Crippen LogP contribution is -2.58. The van der Waals surface area contributed by atoms with Gasteiger partial charge < -0.3 is 14.7 Å². The van der Waals surface area contributed by atoms with Crippen molar-refractivity contribution in [3.8, 4) is 11.5 Å². The van der Waals surface area contributed by atoms with Crippen LogP contribution in [0.25, 0.3) is 0 Å². The van der Waals surface area contributed by atoms with E-state index >= 15 is 4.39 Å². The maximum Gasteiger partial charge on any atom is 0.278 e. The van der Waals surface area contributed by atoms with Gasteiger partial charge in [0.1, 0.15) is 19.3 Å². The summed E-state index contributed by atoms with van der Waals surface area (Å²) in [6.45, 7) is 3.88. The summed E-state index contributed by atoms with van der Waals surface area (Å²) < 4.78 is 36.6. The number of hydrogen-bond acceptors (Lipinski definition) is 5. The lowest BCUT2D eigenvalue weighted by atomic mass is 9.96. The highest BCUT2D eigenvalue weighted by Crippen LogP contribution is 2.39. The number of aromatic nitrogens is 1. The standard InChI is InChI=1S/C27H25F2N3O4/c1-16(2)20-9-6-14-36-26-18(10-11-19(28)22(26)29)23(17-7-4-3-5-8-17)32-15-30(20)27(35)24-25(34)21(33)12-13-31(24)32/h3-13,16,20,23,34H,14-15H2,1-2H3/b9-6+/t20?,23-/m0/s1. The molecule has 3 aromatic rings. The number of halogens is 2. The summed E-state index contributed by atoms with van der Waals surface area (Å²) in [5.41, 5.74) is 0.151. The average molecular weight is 494 g/mol. The molecule has 0 saturated carbocycles. The molecule has 2 aliphatic heterocycles. The number of aromatic hydroxyl groups is 1. The van der Waals surface area contributed by atoms with Crippen LogP contribution in [0.15, 0.2) is 71.7 Å². The summed E-state index contributed by atoms with van der Waals surface area (Å²) in [5.74, 6) is -3.63. The number of rotatable bonds is 2. The zero-order valence-electron chi connectivity index (χ0n) is 19.8. The van der Waals surface area contributed by atoms with Crippen molar-refractivity contribution in [2.75, 3.05) is 18.3 Å². The minimum absolute atomic E-state index is 0.0383. The lowest BCUT2D eigenvalue weighted by Gasteiger charge is -2.46. The minimum atomic E-state index is -1.12. The molecular weight excluding hydrogens is 468 g/mol. The quantitative estimate of drug-likeness (QED) is 0.548. The monoisotopic (exact) mass is 493 g/mol. The molecule has 0 aliphatic carbocycles. The Morgan fingerprint density at radius 3 is 2.53 bits per heavy atom. The Balaban J connectivity index is 1.85. The number of nitrogens with zero attached hydrogens (tertiary/aromatic N) is 3. The molecule has 1 amide bonds. The van der Waals surface area contributed by atoms with Crippen LogP contribution in [0.5, 0.6) is 11.5 Å². The molecule has 0 fully saturated rings. The summed E-state index contributed by atoms with van der Waals surface area (Å²) in [6.07, 6.45) is 4.84. The van der Waals surface area contributed by atoms with Gasteiger partial charge >= 0.3 is 0 Å². The first-order valence-corrected chi connectivity index (χ1v) is 11.6. The van der Waals surface area contributed by atoms with E-state index in [2.05, 4.69) is 0 Å². The summed E-state index contributed by atoms with van der Waals surface area (Å²) in [4.78, 5) is 27.6. The smallest absolute Gasteiger partial charge is 0.278 e. The minimum Gasteiger partial charge on any atom is -0.502 e. The summed E-state index contributed by atoms with van der Waals surface area (Å²) in [5, 5.41) is 12.4. The SMILES string of the molecule is CC(C)C1/C=C/COc2c(ccc(F)c2F)[C@H](c2ccccc2)N2CN1C(=O)c1c(O)c(=O)ccn12. The second-order valence-corrected chi connectivity index (χ2v) is 9.14. The van der Waals surface area contributed by atoms with Crippen molar-refractivity contribution in [3.63, 3.8) is 0 Å². The van der Waals surface area contributed by atoms with E-state index in [1.54, 1.807) is 22.1 Å². The van der Waals surface area contributed by atoms with Gasteiger partial charge in [0.05, 0.1) is 6.04 Å². The summed E-state index contributed by atoms with van der Waals surface area (Å²) in [6, 6.07) is 11.6. The fraction of sp³-hybridized carbons (Fsp3) is 0.259. The average Bonchev–Trinajstić information content (AvgIpc) is 2.89. The molecule has 9 heteroatoms. The van der Waals surface area contributed by atoms with Crippen molar-refractivity contribution in [1.29, 1.82) is 0 Å².